The number of carbonyl (C=O) groups is 2. The second-order valence-corrected chi connectivity index (χ2v) is 7.90. The molecule has 0 fully saturated rings. The first kappa shape index (κ1) is 19.7. The van der Waals surface area contributed by atoms with Gasteiger partial charge < -0.3 is 14.3 Å². The third-order valence-corrected chi connectivity index (χ3v) is 6.04. The van der Waals surface area contributed by atoms with E-state index in [0.717, 1.165) is 18.0 Å². The van der Waals surface area contributed by atoms with Gasteiger partial charge in [0.1, 0.15) is 17.9 Å². The standard InChI is InChI=1S/C19H17ClFN5O2S/c1-10-16-15(5-8-27)23-17(18-22-11(2)24-29-18)26(16)7-6-25(10)19(28)12-3-4-13(20)14(21)9-12/h3-4,8-10H,5-7H2,1-2H3. The van der Waals surface area contributed by atoms with Gasteiger partial charge in [-0.3, -0.25) is 4.79 Å². The summed E-state index contributed by atoms with van der Waals surface area (Å²) in [6.45, 7) is 4.58. The van der Waals surface area contributed by atoms with Crippen molar-refractivity contribution in [2.45, 2.75) is 32.9 Å². The molecule has 0 spiro atoms. The van der Waals surface area contributed by atoms with Gasteiger partial charge in [0.2, 0.25) is 0 Å². The predicted octanol–water partition coefficient (Wildman–Crippen LogP) is 3.46. The highest BCUT2D eigenvalue weighted by atomic mass is 35.5. The summed E-state index contributed by atoms with van der Waals surface area (Å²) in [4.78, 5) is 34.9. The molecule has 1 aliphatic rings. The molecule has 0 bridgehead atoms. The van der Waals surface area contributed by atoms with E-state index in [1.165, 1.54) is 23.7 Å². The molecule has 1 unspecified atom stereocenters. The van der Waals surface area contributed by atoms with Crippen LogP contribution < -0.4 is 0 Å². The van der Waals surface area contributed by atoms with Gasteiger partial charge in [-0.1, -0.05) is 11.6 Å². The largest absolute Gasteiger partial charge is 0.329 e. The van der Waals surface area contributed by atoms with Gasteiger partial charge in [0.15, 0.2) is 10.8 Å². The van der Waals surface area contributed by atoms with Crippen LogP contribution in [0.3, 0.4) is 0 Å². The third kappa shape index (κ3) is 3.44. The monoisotopic (exact) mass is 433 g/mol. The van der Waals surface area contributed by atoms with Crippen molar-refractivity contribution in [3.8, 4) is 10.8 Å². The zero-order chi connectivity index (χ0) is 20.7. The molecule has 10 heteroatoms. The van der Waals surface area contributed by atoms with Crippen molar-refractivity contribution >= 4 is 35.3 Å². The first-order valence-corrected chi connectivity index (χ1v) is 10.2. The Morgan fingerprint density at radius 2 is 2.17 bits per heavy atom. The van der Waals surface area contributed by atoms with Crippen molar-refractivity contribution in [2.24, 2.45) is 0 Å². The minimum atomic E-state index is -0.636. The lowest BCUT2D eigenvalue weighted by atomic mass is 10.1. The van der Waals surface area contributed by atoms with Crippen molar-refractivity contribution in [1.82, 2.24) is 23.8 Å². The van der Waals surface area contributed by atoms with Crippen LogP contribution in [0.2, 0.25) is 5.02 Å². The maximum Gasteiger partial charge on any atom is 0.254 e. The van der Waals surface area contributed by atoms with Crippen LogP contribution in [0, 0.1) is 12.7 Å². The number of hydrogen-bond acceptors (Lipinski definition) is 6. The molecule has 0 radical (unpaired) electrons. The molecular weight excluding hydrogens is 417 g/mol. The van der Waals surface area contributed by atoms with Gasteiger partial charge >= 0.3 is 0 Å². The van der Waals surface area contributed by atoms with Crippen LogP contribution in [-0.2, 0) is 17.8 Å². The average Bonchev–Trinajstić information content (AvgIpc) is 3.28. The Bertz CT molecular complexity index is 1110. The van der Waals surface area contributed by atoms with E-state index in [0.29, 0.717) is 35.4 Å². The Balaban J connectivity index is 1.73. The highest BCUT2D eigenvalue weighted by molar-refractivity contribution is 7.09. The summed E-state index contributed by atoms with van der Waals surface area (Å²) in [6, 6.07) is 3.68. The lowest BCUT2D eigenvalue weighted by Gasteiger charge is -2.35. The fraction of sp³-hybridized carbons (Fsp3) is 0.316. The van der Waals surface area contributed by atoms with Crippen molar-refractivity contribution in [1.29, 1.82) is 0 Å². The summed E-state index contributed by atoms with van der Waals surface area (Å²) in [5.41, 5.74) is 1.62. The summed E-state index contributed by atoms with van der Waals surface area (Å²) in [7, 11) is 0. The molecule has 1 amide bonds. The Morgan fingerprint density at radius 1 is 1.38 bits per heavy atom. The number of benzene rings is 1. The predicted molar refractivity (Wildman–Crippen MR) is 106 cm³/mol. The first-order valence-electron chi connectivity index (χ1n) is 9.00. The van der Waals surface area contributed by atoms with Crippen molar-refractivity contribution in [3.05, 3.63) is 51.8 Å². The summed E-state index contributed by atoms with van der Waals surface area (Å²) < 4.78 is 20.0. The number of hydrogen-bond donors (Lipinski definition) is 0. The molecule has 0 N–H and O–H groups in total. The number of carbonyl (C=O) groups excluding carboxylic acids is 2. The maximum absolute atomic E-state index is 13.8. The number of amides is 1. The Kier molecular flexibility index (Phi) is 5.18. The van der Waals surface area contributed by atoms with E-state index in [1.54, 1.807) is 11.8 Å². The number of imidazole rings is 1. The smallest absolute Gasteiger partial charge is 0.254 e. The second-order valence-electron chi connectivity index (χ2n) is 6.74. The maximum atomic E-state index is 13.8. The second kappa shape index (κ2) is 7.64. The molecular formula is C19H17ClFN5O2S. The zero-order valence-electron chi connectivity index (χ0n) is 15.7. The van der Waals surface area contributed by atoms with Gasteiger partial charge in [0, 0.05) is 25.1 Å². The summed E-state index contributed by atoms with van der Waals surface area (Å²) in [5.74, 6) is 0.373. The molecule has 4 rings (SSSR count). The van der Waals surface area contributed by atoms with Gasteiger partial charge in [-0.25, -0.2) is 14.4 Å². The SMILES string of the molecule is Cc1nsc(-c2nc(CC=O)c3n2CCN(C(=O)c2ccc(Cl)c(F)c2)C3C)n1. The lowest BCUT2D eigenvalue weighted by molar-refractivity contribution is -0.107. The van der Waals surface area contributed by atoms with Gasteiger partial charge in [-0.2, -0.15) is 4.37 Å². The normalized spacial score (nSPS) is 16.0. The molecule has 0 saturated carbocycles. The molecule has 2 aromatic heterocycles. The summed E-state index contributed by atoms with van der Waals surface area (Å²) >= 11 is 6.98. The molecule has 3 heterocycles. The Labute approximate surface area is 175 Å². The van der Waals surface area contributed by atoms with E-state index in [4.69, 9.17) is 11.6 Å². The fourth-order valence-electron chi connectivity index (χ4n) is 3.61. The minimum absolute atomic E-state index is 0.0309. The molecule has 0 saturated heterocycles. The number of halogens is 2. The molecule has 0 aliphatic carbocycles. The molecule has 1 atom stereocenters. The number of aldehydes is 1. The molecule has 7 nitrogen and oxygen atoms in total. The van der Waals surface area contributed by atoms with Crippen LogP contribution in [-0.4, -0.2) is 42.5 Å². The Hall–Kier alpha value is -2.65. The van der Waals surface area contributed by atoms with Gasteiger partial charge in [0.25, 0.3) is 5.91 Å². The Morgan fingerprint density at radius 3 is 2.83 bits per heavy atom. The van der Waals surface area contributed by atoms with Crippen LogP contribution in [0.15, 0.2) is 18.2 Å². The van der Waals surface area contributed by atoms with E-state index < -0.39 is 5.82 Å². The number of rotatable bonds is 4. The zero-order valence-corrected chi connectivity index (χ0v) is 17.3. The highest BCUT2D eigenvalue weighted by Crippen LogP contribution is 2.34. The van der Waals surface area contributed by atoms with Crippen LogP contribution in [0.1, 0.15) is 40.5 Å². The highest BCUT2D eigenvalue weighted by Gasteiger charge is 2.34. The minimum Gasteiger partial charge on any atom is -0.329 e. The van der Waals surface area contributed by atoms with E-state index in [2.05, 4.69) is 14.3 Å². The molecule has 1 aliphatic heterocycles. The van der Waals surface area contributed by atoms with Crippen molar-refractivity contribution in [2.75, 3.05) is 6.54 Å². The van der Waals surface area contributed by atoms with Gasteiger partial charge in [0.05, 0.1) is 22.5 Å². The van der Waals surface area contributed by atoms with E-state index in [1.807, 2.05) is 11.5 Å². The molecule has 150 valence electrons. The van der Waals surface area contributed by atoms with Crippen LogP contribution in [0.25, 0.3) is 10.8 Å². The van der Waals surface area contributed by atoms with E-state index in [-0.39, 0.29) is 29.0 Å². The topological polar surface area (TPSA) is 81.0 Å². The van der Waals surface area contributed by atoms with Crippen LogP contribution in [0.4, 0.5) is 4.39 Å². The first-order chi connectivity index (χ1) is 13.9. The summed E-state index contributed by atoms with van der Waals surface area (Å²) in [5, 5.41) is 0.643. The average molecular weight is 434 g/mol. The van der Waals surface area contributed by atoms with Gasteiger partial charge in [-0.15, -0.1) is 0 Å². The van der Waals surface area contributed by atoms with Crippen LogP contribution in [0.5, 0.6) is 0 Å². The number of aromatic nitrogens is 4. The summed E-state index contributed by atoms with van der Waals surface area (Å²) in [6.07, 6.45) is 0.926. The van der Waals surface area contributed by atoms with E-state index >= 15 is 0 Å². The number of aryl methyl sites for hydroxylation is 1. The number of fused-ring (bicyclic) bond motifs is 1. The van der Waals surface area contributed by atoms with Crippen LogP contribution >= 0.6 is 23.1 Å². The van der Waals surface area contributed by atoms with Crippen molar-refractivity contribution in [3.63, 3.8) is 0 Å². The third-order valence-electron chi connectivity index (χ3n) is 4.93. The van der Waals surface area contributed by atoms with Crippen molar-refractivity contribution < 1.29 is 14.0 Å². The van der Waals surface area contributed by atoms with Gasteiger partial charge in [-0.05, 0) is 43.6 Å². The number of nitrogens with zero attached hydrogens (tertiary/aromatic N) is 5. The van der Waals surface area contributed by atoms with E-state index in [9.17, 15) is 14.0 Å². The molecule has 3 aromatic rings. The molecule has 29 heavy (non-hydrogen) atoms. The molecule has 1 aromatic carbocycles. The quantitative estimate of drug-likeness (QED) is 0.588. The fourth-order valence-corrected chi connectivity index (χ4v) is 4.40. The lowest BCUT2D eigenvalue weighted by Crippen LogP contribution is -2.41.